The van der Waals surface area contributed by atoms with Gasteiger partial charge in [-0.1, -0.05) is 30.3 Å². The lowest BCUT2D eigenvalue weighted by Crippen LogP contribution is -2.16. The summed E-state index contributed by atoms with van der Waals surface area (Å²) in [5.74, 6) is 1.27. The van der Waals surface area contributed by atoms with Crippen molar-refractivity contribution in [2.24, 2.45) is 0 Å². The summed E-state index contributed by atoms with van der Waals surface area (Å²) in [7, 11) is 3.44. The van der Waals surface area contributed by atoms with E-state index in [-0.39, 0.29) is 5.91 Å². The van der Waals surface area contributed by atoms with Crippen molar-refractivity contribution in [2.75, 3.05) is 24.4 Å². The molecule has 0 fully saturated rings. The molecule has 1 aromatic heterocycles. The lowest BCUT2D eigenvalue weighted by molar-refractivity contribution is 0.102. The predicted octanol–water partition coefficient (Wildman–Crippen LogP) is 3.51. The zero-order valence-corrected chi connectivity index (χ0v) is 14.0. The second-order valence-electron chi connectivity index (χ2n) is 5.33. The van der Waals surface area contributed by atoms with Gasteiger partial charge in [-0.15, -0.1) is 10.2 Å². The molecular formula is C19H18N4O2. The summed E-state index contributed by atoms with van der Waals surface area (Å²) in [6, 6.07) is 20.4. The Labute approximate surface area is 146 Å². The highest BCUT2D eigenvalue weighted by Crippen LogP contribution is 2.22. The first-order valence-electron chi connectivity index (χ1n) is 7.76. The Morgan fingerprint density at radius 3 is 2.36 bits per heavy atom. The zero-order chi connectivity index (χ0) is 17.6. The van der Waals surface area contributed by atoms with Gasteiger partial charge in [-0.3, -0.25) is 4.79 Å². The fourth-order valence-electron chi connectivity index (χ4n) is 2.37. The third-order valence-electron chi connectivity index (χ3n) is 3.73. The number of nitrogens with one attached hydrogen (secondary N) is 1. The quantitative estimate of drug-likeness (QED) is 0.773. The highest BCUT2D eigenvalue weighted by atomic mass is 16.5. The Hall–Kier alpha value is -3.41. The van der Waals surface area contributed by atoms with Crippen LogP contribution in [0, 0.1) is 0 Å². The summed E-state index contributed by atoms with van der Waals surface area (Å²) in [5.41, 5.74) is 1.44. The Balaban J connectivity index is 1.73. The maximum atomic E-state index is 12.4. The number of nitrogens with zero attached hydrogens (tertiary/aromatic N) is 3. The van der Waals surface area contributed by atoms with Gasteiger partial charge >= 0.3 is 0 Å². The molecule has 0 aliphatic heterocycles. The molecular weight excluding hydrogens is 316 g/mol. The highest BCUT2D eigenvalue weighted by molar-refractivity contribution is 6.05. The van der Waals surface area contributed by atoms with Gasteiger partial charge < -0.3 is 15.0 Å². The first-order chi connectivity index (χ1) is 12.2. The summed E-state index contributed by atoms with van der Waals surface area (Å²) in [6.45, 7) is 0. The molecule has 6 heteroatoms. The molecule has 0 saturated heterocycles. The molecule has 0 saturated carbocycles. The van der Waals surface area contributed by atoms with E-state index in [2.05, 4.69) is 15.5 Å². The van der Waals surface area contributed by atoms with Crippen LogP contribution in [0.25, 0.3) is 0 Å². The number of ether oxygens (including phenoxy) is 1. The van der Waals surface area contributed by atoms with Crippen LogP contribution >= 0.6 is 0 Å². The lowest BCUT2D eigenvalue weighted by atomic mass is 10.2. The highest BCUT2D eigenvalue weighted by Gasteiger charge is 2.13. The van der Waals surface area contributed by atoms with Gasteiger partial charge in [0, 0.05) is 12.7 Å². The van der Waals surface area contributed by atoms with Gasteiger partial charge in [0.15, 0.2) is 11.6 Å². The van der Waals surface area contributed by atoms with Gasteiger partial charge in [0.1, 0.15) is 5.75 Å². The molecule has 0 spiro atoms. The van der Waals surface area contributed by atoms with Gasteiger partial charge in [0.05, 0.1) is 12.7 Å². The van der Waals surface area contributed by atoms with Gasteiger partial charge in [0.25, 0.3) is 5.91 Å². The fourth-order valence-corrected chi connectivity index (χ4v) is 2.37. The summed E-state index contributed by atoms with van der Waals surface area (Å²) in [4.78, 5) is 14.3. The zero-order valence-electron chi connectivity index (χ0n) is 14.0. The maximum Gasteiger partial charge on any atom is 0.260 e. The Morgan fingerprint density at radius 1 is 0.960 bits per heavy atom. The number of benzene rings is 2. The van der Waals surface area contributed by atoms with Gasteiger partial charge in [-0.25, -0.2) is 0 Å². The molecule has 3 aromatic rings. The number of methoxy groups -OCH3 is 1. The molecule has 0 radical (unpaired) electrons. The number of hydrogen-bond acceptors (Lipinski definition) is 5. The summed E-state index contributed by atoms with van der Waals surface area (Å²) >= 11 is 0. The largest absolute Gasteiger partial charge is 0.496 e. The van der Waals surface area contributed by atoms with Crippen molar-refractivity contribution in [3.05, 3.63) is 72.3 Å². The van der Waals surface area contributed by atoms with E-state index in [9.17, 15) is 4.79 Å². The van der Waals surface area contributed by atoms with Crippen molar-refractivity contribution < 1.29 is 9.53 Å². The van der Waals surface area contributed by atoms with E-state index >= 15 is 0 Å². The molecule has 0 bridgehead atoms. The molecule has 0 aliphatic carbocycles. The molecule has 3 rings (SSSR count). The molecule has 1 amide bonds. The van der Waals surface area contributed by atoms with Crippen molar-refractivity contribution in [2.45, 2.75) is 0 Å². The van der Waals surface area contributed by atoms with Crippen molar-refractivity contribution in [3.63, 3.8) is 0 Å². The smallest absolute Gasteiger partial charge is 0.260 e. The van der Waals surface area contributed by atoms with E-state index in [0.29, 0.717) is 22.9 Å². The first kappa shape index (κ1) is 16.4. The van der Waals surface area contributed by atoms with Crippen LogP contribution in [0.2, 0.25) is 0 Å². The molecule has 126 valence electrons. The van der Waals surface area contributed by atoms with Crippen molar-refractivity contribution in [1.29, 1.82) is 0 Å². The number of carbonyl (C=O) groups is 1. The van der Waals surface area contributed by atoms with Crippen LogP contribution in [-0.2, 0) is 0 Å². The van der Waals surface area contributed by atoms with Crippen LogP contribution in [0.3, 0.4) is 0 Å². The molecule has 1 N–H and O–H groups in total. The third-order valence-corrected chi connectivity index (χ3v) is 3.73. The van der Waals surface area contributed by atoms with Crippen LogP contribution < -0.4 is 15.0 Å². The topological polar surface area (TPSA) is 67.3 Å². The van der Waals surface area contributed by atoms with Crippen LogP contribution in [0.4, 0.5) is 17.3 Å². The van der Waals surface area contributed by atoms with Gasteiger partial charge in [-0.05, 0) is 36.4 Å². The molecule has 6 nitrogen and oxygen atoms in total. The van der Waals surface area contributed by atoms with Crippen molar-refractivity contribution in [1.82, 2.24) is 10.2 Å². The van der Waals surface area contributed by atoms with E-state index in [1.165, 1.54) is 7.11 Å². The van der Waals surface area contributed by atoms with E-state index in [1.54, 1.807) is 30.3 Å². The Bertz CT molecular complexity index is 851. The average Bonchev–Trinajstić information content (AvgIpc) is 2.68. The lowest BCUT2D eigenvalue weighted by Gasteiger charge is -2.17. The van der Waals surface area contributed by atoms with Gasteiger partial charge in [-0.2, -0.15) is 0 Å². The molecule has 0 aliphatic rings. The minimum Gasteiger partial charge on any atom is -0.496 e. The monoisotopic (exact) mass is 334 g/mol. The second-order valence-corrected chi connectivity index (χ2v) is 5.33. The van der Waals surface area contributed by atoms with Crippen LogP contribution in [0.15, 0.2) is 66.7 Å². The number of carbonyl (C=O) groups excluding carboxylic acids is 1. The molecule has 1 heterocycles. The van der Waals surface area contributed by atoms with Crippen LogP contribution in [0.5, 0.6) is 5.75 Å². The molecule has 2 aromatic carbocycles. The number of rotatable bonds is 5. The molecule has 0 atom stereocenters. The van der Waals surface area contributed by atoms with E-state index in [0.717, 1.165) is 5.69 Å². The van der Waals surface area contributed by atoms with Crippen molar-refractivity contribution >= 4 is 23.2 Å². The average molecular weight is 334 g/mol. The predicted molar refractivity (Wildman–Crippen MR) is 97.5 cm³/mol. The fraction of sp³-hybridized carbons (Fsp3) is 0.105. The van der Waals surface area contributed by atoms with E-state index < -0.39 is 0 Å². The van der Waals surface area contributed by atoms with Crippen LogP contribution in [0.1, 0.15) is 10.4 Å². The normalized spacial score (nSPS) is 10.2. The Morgan fingerprint density at radius 2 is 1.68 bits per heavy atom. The number of hydrogen-bond donors (Lipinski definition) is 1. The second kappa shape index (κ2) is 7.44. The minimum atomic E-state index is -0.295. The number of amides is 1. The minimum absolute atomic E-state index is 0.295. The van der Waals surface area contributed by atoms with E-state index in [1.807, 2.05) is 48.3 Å². The number of aromatic nitrogens is 2. The van der Waals surface area contributed by atoms with Crippen LogP contribution in [-0.4, -0.2) is 30.3 Å². The van der Waals surface area contributed by atoms with Crippen molar-refractivity contribution in [3.8, 4) is 5.75 Å². The summed E-state index contributed by atoms with van der Waals surface area (Å²) < 4.78 is 5.20. The third kappa shape index (κ3) is 3.74. The summed E-state index contributed by atoms with van der Waals surface area (Å²) in [6.07, 6.45) is 0. The van der Waals surface area contributed by atoms with Gasteiger partial charge in [0.2, 0.25) is 0 Å². The Kier molecular flexibility index (Phi) is 4.89. The SMILES string of the molecule is COc1ccccc1C(=O)Nc1ccc(N(C)c2ccccc2)nn1. The molecule has 25 heavy (non-hydrogen) atoms. The summed E-state index contributed by atoms with van der Waals surface area (Å²) in [5, 5.41) is 11.0. The first-order valence-corrected chi connectivity index (χ1v) is 7.76. The standard InChI is InChI=1S/C19H18N4O2/c1-23(14-8-4-3-5-9-14)18-13-12-17(21-22-18)20-19(24)15-10-6-7-11-16(15)25-2/h3-13H,1-2H3,(H,20,21,24). The maximum absolute atomic E-state index is 12.4. The number of anilines is 3. The molecule has 0 unspecified atom stereocenters. The van der Waals surface area contributed by atoms with E-state index in [4.69, 9.17) is 4.74 Å². The number of para-hydroxylation sites is 2.